The van der Waals surface area contributed by atoms with Gasteiger partial charge < -0.3 is 25.8 Å². The number of aromatic nitrogens is 2. The Morgan fingerprint density at radius 2 is 1.87 bits per heavy atom. The van der Waals surface area contributed by atoms with Gasteiger partial charge >= 0.3 is 0 Å². The quantitative estimate of drug-likeness (QED) is 0.460. The minimum atomic E-state index is -0.576. The smallest absolute Gasteiger partial charge is 0.254 e. The van der Waals surface area contributed by atoms with Crippen LogP contribution in [0.15, 0.2) is 48.5 Å². The standard InChI is InChI=1S/C22H23N5O4/c23-21(30)20-18(25-26-22(20)24-12-15-3-7-17(28)8-4-15)11-14-1-5-16(6-2-14)27-9-10-31-13-19(27)29/h1-8,28H,9-13H2,(H2,23,30)(H2,24,25,26). The summed E-state index contributed by atoms with van der Waals surface area (Å²) >= 11 is 0. The van der Waals surface area contributed by atoms with Crippen LogP contribution in [0.2, 0.25) is 0 Å². The number of carbonyl (C=O) groups is 2. The molecule has 31 heavy (non-hydrogen) atoms. The number of ether oxygens (including phenoxy) is 1. The lowest BCUT2D eigenvalue weighted by atomic mass is 10.1. The Morgan fingerprint density at radius 1 is 1.16 bits per heavy atom. The van der Waals surface area contributed by atoms with Gasteiger partial charge in [0.05, 0.1) is 12.3 Å². The van der Waals surface area contributed by atoms with Gasteiger partial charge in [-0.3, -0.25) is 14.7 Å². The molecule has 3 aromatic rings. The maximum Gasteiger partial charge on any atom is 0.254 e. The first kappa shape index (κ1) is 20.4. The first-order valence-electron chi connectivity index (χ1n) is 9.87. The lowest BCUT2D eigenvalue weighted by Gasteiger charge is -2.26. The van der Waals surface area contributed by atoms with Crippen LogP contribution in [0.1, 0.15) is 27.2 Å². The van der Waals surface area contributed by atoms with Gasteiger partial charge in [-0.15, -0.1) is 0 Å². The highest BCUT2D eigenvalue weighted by molar-refractivity contribution is 5.99. The van der Waals surface area contributed by atoms with E-state index in [1.165, 1.54) is 0 Å². The first-order valence-corrected chi connectivity index (χ1v) is 9.87. The molecule has 1 aliphatic heterocycles. The number of carbonyl (C=O) groups excluding carboxylic acids is 2. The molecule has 1 aromatic heterocycles. The Labute approximate surface area is 178 Å². The number of nitrogens with one attached hydrogen (secondary N) is 2. The van der Waals surface area contributed by atoms with Gasteiger partial charge in [-0.25, -0.2) is 0 Å². The number of rotatable bonds is 7. The molecule has 0 bridgehead atoms. The molecule has 1 saturated heterocycles. The van der Waals surface area contributed by atoms with Crippen molar-refractivity contribution in [3.63, 3.8) is 0 Å². The number of aromatic hydroxyl groups is 1. The summed E-state index contributed by atoms with van der Waals surface area (Å²) < 4.78 is 5.16. The van der Waals surface area contributed by atoms with Crippen LogP contribution in [0, 0.1) is 0 Å². The number of hydrogen-bond donors (Lipinski definition) is 4. The highest BCUT2D eigenvalue weighted by Crippen LogP contribution is 2.23. The fourth-order valence-corrected chi connectivity index (χ4v) is 3.49. The van der Waals surface area contributed by atoms with Gasteiger partial charge in [0.25, 0.3) is 11.8 Å². The third-order valence-corrected chi connectivity index (χ3v) is 5.10. The van der Waals surface area contributed by atoms with Gasteiger partial charge in [0, 0.05) is 25.2 Å². The van der Waals surface area contributed by atoms with Crippen LogP contribution in [0.4, 0.5) is 11.5 Å². The summed E-state index contributed by atoms with van der Waals surface area (Å²) in [7, 11) is 0. The molecule has 160 valence electrons. The molecule has 0 atom stereocenters. The third-order valence-electron chi connectivity index (χ3n) is 5.10. The van der Waals surface area contributed by atoms with Crippen LogP contribution in [-0.4, -0.2) is 46.9 Å². The molecule has 0 saturated carbocycles. The van der Waals surface area contributed by atoms with Crippen LogP contribution >= 0.6 is 0 Å². The van der Waals surface area contributed by atoms with E-state index in [4.69, 9.17) is 10.5 Å². The molecular formula is C22H23N5O4. The number of nitrogens with zero attached hydrogens (tertiary/aromatic N) is 2. The molecule has 4 rings (SSSR count). The molecule has 9 heteroatoms. The fourth-order valence-electron chi connectivity index (χ4n) is 3.49. The van der Waals surface area contributed by atoms with Crippen LogP contribution in [0.3, 0.4) is 0 Å². The number of anilines is 2. The second kappa shape index (κ2) is 8.88. The Kier molecular flexibility index (Phi) is 5.85. The highest BCUT2D eigenvalue weighted by Gasteiger charge is 2.21. The lowest BCUT2D eigenvalue weighted by Crippen LogP contribution is -2.41. The number of morpholine rings is 1. The lowest BCUT2D eigenvalue weighted by molar-refractivity contribution is -0.125. The molecule has 1 fully saturated rings. The molecule has 0 radical (unpaired) electrons. The normalized spacial score (nSPS) is 13.9. The van der Waals surface area contributed by atoms with Gasteiger partial charge in [-0.1, -0.05) is 24.3 Å². The number of nitrogens with two attached hydrogens (primary N) is 1. The van der Waals surface area contributed by atoms with Crippen molar-refractivity contribution in [2.75, 3.05) is 30.0 Å². The van der Waals surface area contributed by atoms with Gasteiger partial charge in [-0.2, -0.15) is 5.10 Å². The molecule has 2 aromatic carbocycles. The van der Waals surface area contributed by atoms with Crippen LogP contribution in [0.25, 0.3) is 0 Å². The molecule has 2 amide bonds. The molecule has 5 N–H and O–H groups in total. The van der Waals surface area contributed by atoms with Crippen molar-refractivity contribution in [3.8, 4) is 5.75 Å². The van der Waals surface area contributed by atoms with Gasteiger partial charge in [-0.05, 0) is 35.4 Å². The molecule has 0 spiro atoms. The van der Waals surface area contributed by atoms with Crippen molar-refractivity contribution in [2.45, 2.75) is 13.0 Å². The van der Waals surface area contributed by atoms with Gasteiger partial charge in [0.2, 0.25) is 0 Å². The maximum absolute atomic E-state index is 12.1. The summed E-state index contributed by atoms with van der Waals surface area (Å²) in [5.74, 6) is -0.0702. The monoisotopic (exact) mass is 421 g/mol. The van der Waals surface area contributed by atoms with E-state index in [-0.39, 0.29) is 18.3 Å². The number of aromatic amines is 1. The summed E-state index contributed by atoms with van der Waals surface area (Å²) in [5.41, 5.74) is 9.21. The number of primary amides is 1. The maximum atomic E-state index is 12.1. The summed E-state index contributed by atoms with van der Waals surface area (Å²) in [6.45, 7) is 1.56. The van der Waals surface area contributed by atoms with Crippen molar-refractivity contribution in [3.05, 3.63) is 70.9 Å². The van der Waals surface area contributed by atoms with Gasteiger partial charge in [0.15, 0.2) is 5.82 Å². The van der Waals surface area contributed by atoms with Crippen molar-refractivity contribution in [2.24, 2.45) is 5.73 Å². The van der Waals surface area contributed by atoms with E-state index in [9.17, 15) is 14.7 Å². The number of H-pyrrole nitrogens is 1. The van der Waals surface area contributed by atoms with E-state index in [2.05, 4.69) is 15.5 Å². The molecule has 0 unspecified atom stereocenters. The van der Waals surface area contributed by atoms with E-state index in [0.717, 1.165) is 16.8 Å². The minimum absolute atomic E-state index is 0.0621. The number of benzene rings is 2. The zero-order valence-electron chi connectivity index (χ0n) is 16.8. The largest absolute Gasteiger partial charge is 0.508 e. The van der Waals surface area contributed by atoms with Crippen molar-refractivity contribution in [1.29, 1.82) is 0 Å². The van der Waals surface area contributed by atoms with E-state index < -0.39 is 5.91 Å². The summed E-state index contributed by atoms with van der Waals surface area (Å²) in [4.78, 5) is 25.8. The number of amides is 2. The average molecular weight is 421 g/mol. The molecule has 2 heterocycles. The second-order valence-corrected chi connectivity index (χ2v) is 7.25. The average Bonchev–Trinajstić information content (AvgIpc) is 3.17. The third kappa shape index (κ3) is 4.67. The molecular weight excluding hydrogens is 398 g/mol. The van der Waals surface area contributed by atoms with Crippen molar-refractivity contribution in [1.82, 2.24) is 10.2 Å². The second-order valence-electron chi connectivity index (χ2n) is 7.25. The Hall–Kier alpha value is -3.85. The SMILES string of the molecule is NC(=O)c1c(NCc2ccc(O)cc2)n[nH]c1Cc1ccc(N2CCOCC2=O)cc1. The van der Waals surface area contributed by atoms with Crippen molar-refractivity contribution < 1.29 is 19.4 Å². The summed E-state index contributed by atoms with van der Waals surface area (Å²) in [6.07, 6.45) is 0.434. The van der Waals surface area contributed by atoms with E-state index in [0.29, 0.717) is 43.2 Å². The van der Waals surface area contributed by atoms with Crippen molar-refractivity contribution >= 4 is 23.3 Å². The topological polar surface area (TPSA) is 134 Å². The Balaban J connectivity index is 1.47. The zero-order valence-corrected chi connectivity index (χ0v) is 16.8. The predicted octanol–water partition coefficient (Wildman–Crippen LogP) is 1.78. The van der Waals surface area contributed by atoms with E-state index >= 15 is 0 Å². The fraction of sp³-hybridized carbons (Fsp3) is 0.227. The predicted molar refractivity (Wildman–Crippen MR) is 115 cm³/mol. The zero-order chi connectivity index (χ0) is 21.8. The van der Waals surface area contributed by atoms with E-state index in [1.54, 1.807) is 29.2 Å². The first-order chi connectivity index (χ1) is 15.0. The molecule has 9 nitrogen and oxygen atoms in total. The van der Waals surface area contributed by atoms with E-state index in [1.807, 2.05) is 24.3 Å². The highest BCUT2D eigenvalue weighted by atomic mass is 16.5. The Bertz CT molecular complexity index is 1080. The summed E-state index contributed by atoms with van der Waals surface area (Å²) in [6, 6.07) is 14.3. The van der Waals surface area contributed by atoms with Crippen LogP contribution in [-0.2, 0) is 22.5 Å². The minimum Gasteiger partial charge on any atom is -0.508 e. The number of phenolic OH excluding ortho intramolecular Hbond substituents is 1. The summed E-state index contributed by atoms with van der Waals surface area (Å²) in [5, 5.41) is 19.6. The van der Waals surface area contributed by atoms with Crippen LogP contribution < -0.4 is 16.0 Å². The number of hydrogen-bond acceptors (Lipinski definition) is 6. The van der Waals surface area contributed by atoms with Gasteiger partial charge in [0.1, 0.15) is 17.9 Å². The number of phenols is 1. The molecule has 1 aliphatic rings. The van der Waals surface area contributed by atoms with Crippen LogP contribution in [0.5, 0.6) is 5.75 Å². The Morgan fingerprint density at radius 3 is 2.55 bits per heavy atom. The molecule has 0 aliphatic carbocycles.